The van der Waals surface area contributed by atoms with E-state index in [9.17, 15) is 18.0 Å². The van der Waals surface area contributed by atoms with E-state index in [0.717, 1.165) is 21.7 Å². The molecular weight excluding hydrogens is 478 g/mol. The molecule has 1 atom stereocenters. The van der Waals surface area contributed by atoms with Crippen LogP contribution in [0.5, 0.6) is 5.75 Å². The maximum atomic E-state index is 13.6. The summed E-state index contributed by atoms with van der Waals surface area (Å²) < 4.78 is 31.7. The van der Waals surface area contributed by atoms with Crippen LogP contribution in [-0.2, 0) is 26.2 Å². The molecule has 0 saturated carbocycles. The molecule has 0 bridgehead atoms. The van der Waals surface area contributed by atoms with Gasteiger partial charge >= 0.3 is 0 Å². The predicted molar refractivity (Wildman–Crippen MR) is 135 cm³/mol. The smallest absolute Gasteiger partial charge is 0.244 e. The molecule has 0 aliphatic carbocycles. The monoisotopic (exact) mass is 509 g/mol. The largest absolute Gasteiger partial charge is 0.495 e. The highest BCUT2D eigenvalue weighted by molar-refractivity contribution is 7.92. The predicted octanol–water partition coefficient (Wildman–Crippen LogP) is 3.37. The number of nitrogens with zero attached hydrogens (tertiary/aromatic N) is 2. The van der Waals surface area contributed by atoms with Crippen LogP contribution in [0.25, 0.3) is 0 Å². The number of benzene rings is 2. The second-order valence-corrected chi connectivity index (χ2v) is 10.2. The fourth-order valence-corrected chi connectivity index (χ4v) is 4.65. The lowest BCUT2D eigenvalue weighted by atomic mass is 10.1. The van der Waals surface area contributed by atoms with Gasteiger partial charge in [0.2, 0.25) is 21.8 Å². The third-order valence-electron chi connectivity index (χ3n) is 5.43. The van der Waals surface area contributed by atoms with Crippen LogP contribution in [-0.4, -0.2) is 57.6 Å². The number of amides is 2. The normalized spacial score (nSPS) is 12.1. The van der Waals surface area contributed by atoms with Gasteiger partial charge in [-0.05, 0) is 49.6 Å². The summed E-state index contributed by atoms with van der Waals surface area (Å²) >= 11 is 6.12. The van der Waals surface area contributed by atoms with E-state index in [2.05, 4.69) is 5.32 Å². The van der Waals surface area contributed by atoms with Crippen molar-refractivity contribution in [3.05, 3.63) is 58.6 Å². The molecule has 0 fully saturated rings. The van der Waals surface area contributed by atoms with E-state index in [0.29, 0.717) is 18.0 Å². The SMILES string of the molecule is CCNC(=O)[C@@H](CC)N(Cc1ccccc1C)C(=O)CN(c1cc(Cl)ccc1OC)S(C)(=O)=O. The summed E-state index contributed by atoms with van der Waals surface area (Å²) in [6, 6.07) is 11.3. The van der Waals surface area contributed by atoms with E-state index in [4.69, 9.17) is 16.3 Å². The number of carbonyl (C=O) groups is 2. The van der Waals surface area contributed by atoms with Crippen molar-refractivity contribution in [2.45, 2.75) is 39.8 Å². The van der Waals surface area contributed by atoms with Gasteiger partial charge < -0.3 is 15.0 Å². The van der Waals surface area contributed by atoms with Crippen molar-refractivity contribution < 1.29 is 22.7 Å². The van der Waals surface area contributed by atoms with Crippen molar-refractivity contribution in [1.82, 2.24) is 10.2 Å². The minimum absolute atomic E-state index is 0.146. The van der Waals surface area contributed by atoms with Gasteiger partial charge in [0.25, 0.3) is 0 Å². The molecule has 186 valence electrons. The summed E-state index contributed by atoms with van der Waals surface area (Å²) in [6.07, 6.45) is 1.37. The molecule has 2 aromatic carbocycles. The van der Waals surface area contributed by atoms with Crippen LogP contribution in [0.2, 0.25) is 5.02 Å². The molecule has 0 aromatic heterocycles. The number of hydrogen-bond donors (Lipinski definition) is 1. The van der Waals surface area contributed by atoms with Gasteiger partial charge in [-0.25, -0.2) is 8.42 Å². The van der Waals surface area contributed by atoms with Gasteiger partial charge in [-0.2, -0.15) is 0 Å². The summed E-state index contributed by atoms with van der Waals surface area (Å²) in [5.41, 5.74) is 1.97. The van der Waals surface area contributed by atoms with E-state index in [-0.39, 0.29) is 23.9 Å². The van der Waals surface area contributed by atoms with Crippen LogP contribution in [0.4, 0.5) is 5.69 Å². The Morgan fingerprint density at radius 3 is 2.38 bits per heavy atom. The summed E-state index contributed by atoms with van der Waals surface area (Å²) in [5.74, 6) is -0.559. The highest BCUT2D eigenvalue weighted by Gasteiger charge is 2.32. The lowest BCUT2D eigenvalue weighted by molar-refractivity contribution is -0.140. The molecule has 0 aliphatic heterocycles. The third-order valence-corrected chi connectivity index (χ3v) is 6.79. The Labute approximate surface area is 206 Å². The zero-order valence-electron chi connectivity index (χ0n) is 20.2. The number of anilines is 1. The van der Waals surface area contributed by atoms with E-state index < -0.39 is 28.5 Å². The van der Waals surface area contributed by atoms with Crippen LogP contribution in [0, 0.1) is 6.92 Å². The van der Waals surface area contributed by atoms with Crippen LogP contribution >= 0.6 is 11.6 Å². The number of ether oxygens (including phenoxy) is 1. The van der Waals surface area contributed by atoms with Crippen molar-refractivity contribution in [2.24, 2.45) is 0 Å². The number of methoxy groups -OCH3 is 1. The van der Waals surface area contributed by atoms with Crippen molar-refractivity contribution in [3.63, 3.8) is 0 Å². The first-order chi connectivity index (χ1) is 16.0. The zero-order chi connectivity index (χ0) is 25.5. The highest BCUT2D eigenvalue weighted by Crippen LogP contribution is 2.33. The average molecular weight is 510 g/mol. The zero-order valence-corrected chi connectivity index (χ0v) is 21.7. The lowest BCUT2D eigenvalue weighted by Crippen LogP contribution is -2.52. The quantitative estimate of drug-likeness (QED) is 0.501. The number of rotatable bonds is 11. The van der Waals surface area contributed by atoms with E-state index >= 15 is 0 Å². The summed E-state index contributed by atoms with van der Waals surface area (Å²) in [4.78, 5) is 27.9. The van der Waals surface area contributed by atoms with Crippen molar-refractivity contribution in [2.75, 3.05) is 30.8 Å². The summed E-state index contributed by atoms with van der Waals surface area (Å²) in [5, 5.41) is 3.07. The highest BCUT2D eigenvalue weighted by atomic mass is 35.5. The molecule has 0 unspecified atom stereocenters. The topological polar surface area (TPSA) is 96.0 Å². The Kier molecular flexibility index (Phi) is 9.76. The van der Waals surface area contributed by atoms with Gasteiger partial charge in [0.1, 0.15) is 18.3 Å². The van der Waals surface area contributed by atoms with Crippen LogP contribution in [0.3, 0.4) is 0 Å². The van der Waals surface area contributed by atoms with Gasteiger partial charge in [-0.1, -0.05) is 42.8 Å². The van der Waals surface area contributed by atoms with Gasteiger partial charge in [-0.3, -0.25) is 13.9 Å². The molecule has 0 spiro atoms. The Bertz CT molecular complexity index is 1120. The van der Waals surface area contributed by atoms with Crippen molar-refractivity contribution in [3.8, 4) is 5.75 Å². The van der Waals surface area contributed by atoms with Crippen LogP contribution in [0.15, 0.2) is 42.5 Å². The van der Waals surface area contributed by atoms with Gasteiger partial charge in [0.05, 0.1) is 19.1 Å². The lowest BCUT2D eigenvalue weighted by Gasteiger charge is -2.33. The Morgan fingerprint density at radius 1 is 1.15 bits per heavy atom. The number of sulfonamides is 1. The first-order valence-corrected chi connectivity index (χ1v) is 13.2. The van der Waals surface area contributed by atoms with Gasteiger partial charge in [0.15, 0.2) is 0 Å². The molecule has 0 saturated heterocycles. The molecule has 2 aromatic rings. The standard InChI is InChI=1S/C24H32ClN3O5S/c1-6-20(24(30)26-7-2)27(15-18-11-9-8-10-17(18)3)23(29)16-28(34(5,31)32)21-14-19(25)12-13-22(21)33-4/h8-14,20H,6-7,15-16H2,1-5H3,(H,26,30)/t20-/m1/s1. The van der Waals surface area contributed by atoms with E-state index in [1.54, 1.807) is 13.0 Å². The number of hydrogen-bond acceptors (Lipinski definition) is 5. The first kappa shape index (κ1) is 27.5. The van der Waals surface area contributed by atoms with E-state index in [1.165, 1.54) is 24.1 Å². The molecule has 1 N–H and O–H groups in total. The molecule has 0 aliphatic rings. The number of nitrogens with one attached hydrogen (secondary N) is 1. The second kappa shape index (κ2) is 12.1. The maximum absolute atomic E-state index is 13.6. The fourth-order valence-electron chi connectivity index (χ4n) is 3.64. The number of carbonyl (C=O) groups excluding carboxylic acids is 2. The Balaban J connectivity index is 2.52. The van der Waals surface area contributed by atoms with Crippen LogP contribution in [0.1, 0.15) is 31.4 Å². The first-order valence-electron chi connectivity index (χ1n) is 11.0. The number of likely N-dealkylation sites (N-methyl/N-ethyl adjacent to an activating group) is 1. The van der Waals surface area contributed by atoms with Gasteiger partial charge in [0, 0.05) is 18.1 Å². The Morgan fingerprint density at radius 2 is 1.82 bits per heavy atom. The maximum Gasteiger partial charge on any atom is 0.244 e. The van der Waals surface area contributed by atoms with Crippen molar-refractivity contribution in [1.29, 1.82) is 0 Å². The number of halogens is 1. The average Bonchev–Trinajstić information content (AvgIpc) is 2.77. The van der Waals surface area contributed by atoms with E-state index in [1.807, 2.05) is 38.1 Å². The summed E-state index contributed by atoms with van der Waals surface area (Å²) in [7, 11) is -2.49. The molecule has 8 nitrogen and oxygen atoms in total. The Hall–Kier alpha value is -2.78. The molecular formula is C24H32ClN3O5S. The summed E-state index contributed by atoms with van der Waals surface area (Å²) in [6.45, 7) is 5.59. The molecule has 34 heavy (non-hydrogen) atoms. The third kappa shape index (κ3) is 6.87. The van der Waals surface area contributed by atoms with Crippen LogP contribution < -0.4 is 14.4 Å². The number of aryl methyl sites for hydroxylation is 1. The van der Waals surface area contributed by atoms with Crippen molar-refractivity contribution >= 4 is 39.1 Å². The molecule has 2 rings (SSSR count). The molecule has 0 heterocycles. The minimum atomic E-state index is -3.89. The second-order valence-electron chi connectivity index (χ2n) is 7.85. The van der Waals surface area contributed by atoms with Gasteiger partial charge in [-0.15, -0.1) is 0 Å². The minimum Gasteiger partial charge on any atom is -0.495 e. The molecule has 0 radical (unpaired) electrons. The fraction of sp³-hybridized carbons (Fsp3) is 0.417. The molecule has 10 heteroatoms. The molecule has 2 amide bonds.